The lowest BCUT2D eigenvalue weighted by Gasteiger charge is -2.14. The summed E-state index contributed by atoms with van der Waals surface area (Å²) in [6.45, 7) is 3.26. The number of benzene rings is 1. The number of rotatable bonds is 8. The van der Waals surface area contributed by atoms with Gasteiger partial charge in [-0.2, -0.15) is 5.10 Å². The molecule has 0 saturated heterocycles. The van der Waals surface area contributed by atoms with Crippen molar-refractivity contribution in [3.05, 3.63) is 67.4 Å². The molecule has 33 heavy (non-hydrogen) atoms. The van der Waals surface area contributed by atoms with Crippen molar-refractivity contribution >= 4 is 66.7 Å². The second-order valence-corrected chi connectivity index (χ2v) is 9.32. The van der Waals surface area contributed by atoms with Crippen molar-refractivity contribution < 1.29 is 14.4 Å². The van der Waals surface area contributed by atoms with Crippen molar-refractivity contribution in [1.82, 2.24) is 20.1 Å². The van der Waals surface area contributed by atoms with Crippen molar-refractivity contribution in [1.29, 1.82) is 0 Å². The van der Waals surface area contributed by atoms with Crippen LogP contribution in [0.2, 0.25) is 5.02 Å². The van der Waals surface area contributed by atoms with Gasteiger partial charge in [-0.3, -0.25) is 14.4 Å². The molecule has 0 spiro atoms. The third-order valence-corrected chi connectivity index (χ3v) is 5.85. The Morgan fingerprint density at radius 3 is 2.58 bits per heavy atom. The molecule has 2 N–H and O–H groups in total. The lowest BCUT2D eigenvalue weighted by Crippen LogP contribution is -2.29. The van der Waals surface area contributed by atoms with E-state index >= 15 is 0 Å². The molecule has 0 unspecified atom stereocenters. The van der Waals surface area contributed by atoms with E-state index in [1.807, 2.05) is 6.92 Å². The lowest BCUT2D eigenvalue weighted by atomic mass is 10.1. The van der Waals surface area contributed by atoms with E-state index in [1.54, 1.807) is 36.5 Å². The van der Waals surface area contributed by atoms with Gasteiger partial charge in [-0.25, -0.2) is 9.67 Å². The molecule has 0 fully saturated rings. The largest absolute Gasteiger partial charge is 0.345 e. The highest BCUT2D eigenvalue weighted by molar-refractivity contribution is 9.11. The van der Waals surface area contributed by atoms with Crippen LogP contribution in [-0.4, -0.2) is 38.9 Å². The fourth-order valence-electron chi connectivity index (χ4n) is 3.02. The van der Waals surface area contributed by atoms with Crippen LogP contribution in [-0.2, 0) is 11.2 Å². The average Bonchev–Trinajstić information content (AvgIpc) is 3.18. The van der Waals surface area contributed by atoms with Gasteiger partial charge in [-0.05, 0) is 59.6 Å². The number of halogens is 3. The van der Waals surface area contributed by atoms with Gasteiger partial charge in [0.1, 0.15) is 11.5 Å². The fourth-order valence-corrected chi connectivity index (χ4v) is 4.55. The Bertz CT molecular complexity index is 1230. The van der Waals surface area contributed by atoms with Crippen molar-refractivity contribution in [2.75, 3.05) is 11.9 Å². The maximum absolute atomic E-state index is 13.4. The summed E-state index contributed by atoms with van der Waals surface area (Å²) in [5.41, 5.74) is 1.35. The Balaban J connectivity index is 2.02. The molecule has 172 valence electrons. The van der Waals surface area contributed by atoms with Crippen molar-refractivity contribution in [2.24, 2.45) is 0 Å². The second-order valence-electron chi connectivity index (χ2n) is 7.14. The van der Waals surface area contributed by atoms with Crippen LogP contribution in [0.4, 0.5) is 5.69 Å². The second kappa shape index (κ2) is 11.0. The van der Waals surface area contributed by atoms with Gasteiger partial charge < -0.3 is 10.6 Å². The van der Waals surface area contributed by atoms with Crippen LogP contribution in [0, 0.1) is 0 Å². The summed E-state index contributed by atoms with van der Waals surface area (Å²) >= 11 is 13.1. The molecule has 1 aromatic carbocycles. The van der Waals surface area contributed by atoms with E-state index in [1.165, 1.54) is 11.6 Å². The first kappa shape index (κ1) is 25.1. The summed E-state index contributed by atoms with van der Waals surface area (Å²) in [6.07, 6.45) is 3.07. The van der Waals surface area contributed by atoms with Gasteiger partial charge in [0.05, 0.1) is 28.5 Å². The number of nitrogens with zero attached hydrogens (tertiary/aromatic N) is 3. The monoisotopic (exact) mass is 595 g/mol. The van der Waals surface area contributed by atoms with E-state index in [0.29, 0.717) is 31.9 Å². The van der Waals surface area contributed by atoms with Crippen LogP contribution in [0.5, 0.6) is 0 Å². The maximum atomic E-state index is 13.4. The normalized spacial score (nSPS) is 10.7. The molecule has 0 saturated carbocycles. The number of carbonyl (C=O) groups excluding carboxylic acids is 3. The molecule has 2 amide bonds. The van der Waals surface area contributed by atoms with E-state index in [2.05, 4.69) is 52.6 Å². The number of ketones is 1. The number of anilines is 1. The summed E-state index contributed by atoms with van der Waals surface area (Å²) in [6, 6.07) is 8.28. The van der Waals surface area contributed by atoms with Crippen LogP contribution in [0.3, 0.4) is 0 Å². The topological polar surface area (TPSA) is 106 Å². The van der Waals surface area contributed by atoms with Gasteiger partial charge in [-0.15, -0.1) is 0 Å². The first-order chi connectivity index (χ1) is 15.7. The molecule has 2 aromatic heterocycles. The summed E-state index contributed by atoms with van der Waals surface area (Å²) < 4.78 is 2.50. The summed E-state index contributed by atoms with van der Waals surface area (Å²) in [5, 5.41) is 10.2. The Morgan fingerprint density at radius 1 is 1.15 bits per heavy atom. The van der Waals surface area contributed by atoms with E-state index in [-0.39, 0.29) is 29.3 Å². The number of carbonyl (C=O) groups is 3. The third-order valence-electron chi connectivity index (χ3n) is 4.47. The first-order valence-electron chi connectivity index (χ1n) is 9.99. The SMILES string of the molecule is CCCc1cc(C(=O)Nc2c(Br)cc(Br)cc2C(=O)NCC(C)=O)n(-c2ncccc2Cl)n1. The van der Waals surface area contributed by atoms with Crippen molar-refractivity contribution in [3.63, 3.8) is 0 Å². The highest BCUT2D eigenvalue weighted by Crippen LogP contribution is 2.32. The number of Topliss-reactive ketones (excluding diaryl/α,β-unsaturated/α-hetero) is 1. The Morgan fingerprint density at radius 2 is 1.91 bits per heavy atom. The highest BCUT2D eigenvalue weighted by Gasteiger charge is 2.23. The van der Waals surface area contributed by atoms with Crippen molar-refractivity contribution in [3.8, 4) is 5.82 Å². The highest BCUT2D eigenvalue weighted by atomic mass is 79.9. The van der Waals surface area contributed by atoms with Gasteiger partial charge in [0.15, 0.2) is 5.82 Å². The number of aromatic nitrogens is 3. The van der Waals surface area contributed by atoms with E-state index in [4.69, 9.17) is 11.6 Å². The molecule has 3 rings (SSSR count). The minimum absolute atomic E-state index is 0.123. The first-order valence-corrected chi connectivity index (χ1v) is 12.0. The van der Waals surface area contributed by atoms with Crippen LogP contribution in [0.25, 0.3) is 5.82 Å². The summed E-state index contributed by atoms with van der Waals surface area (Å²) in [7, 11) is 0. The summed E-state index contributed by atoms with van der Waals surface area (Å²) in [4.78, 5) is 41.6. The van der Waals surface area contributed by atoms with Crippen LogP contribution in [0.1, 0.15) is 46.8 Å². The minimum atomic E-state index is -0.504. The van der Waals surface area contributed by atoms with E-state index < -0.39 is 11.8 Å². The zero-order valence-corrected chi connectivity index (χ0v) is 21.7. The number of aryl methyl sites for hydroxylation is 1. The zero-order chi connectivity index (χ0) is 24.1. The molecule has 0 bridgehead atoms. The van der Waals surface area contributed by atoms with Gasteiger partial charge in [0, 0.05) is 15.1 Å². The molecular weight excluding hydrogens is 578 g/mol. The quantitative estimate of drug-likeness (QED) is 0.382. The maximum Gasteiger partial charge on any atom is 0.274 e. The molecule has 8 nitrogen and oxygen atoms in total. The number of amides is 2. The van der Waals surface area contributed by atoms with Crippen LogP contribution >= 0.6 is 43.5 Å². The fraction of sp³-hybridized carbons (Fsp3) is 0.227. The average molecular weight is 598 g/mol. The van der Waals surface area contributed by atoms with Crippen LogP contribution in [0.15, 0.2) is 45.5 Å². The van der Waals surface area contributed by atoms with Crippen molar-refractivity contribution in [2.45, 2.75) is 26.7 Å². The molecule has 11 heteroatoms. The summed E-state index contributed by atoms with van der Waals surface area (Å²) in [5.74, 6) is -0.880. The molecule has 2 heterocycles. The van der Waals surface area contributed by atoms with Crippen LogP contribution < -0.4 is 10.6 Å². The smallest absolute Gasteiger partial charge is 0.274 e. The predicted octanol–water partition coefficient (Wildman–Crippen LogP) is 4.97. The molecule has 0 aliphatic carbocycles. The van der Waals surface area contributed by atoms with Gasteiger partial charge in [-0.1, -0.05) is 40.9 Å². The molecule has 0 aliphatic heterocycles. The molecular formula is C22H20Br2ClN5O3. The third kappa shape index (κ3) is 6.07. The lowest BCUT2D eigenvalue weighted by molar-refractivity contribution is -0.116. The van der Waals surface area contributed by atoms with Gasteiger partial charge >= 0.3 is 0 Å². The molecule has 0 atom stereocenters. The number of pyridine rings is 1. The van der Waals surface area contributed by atoms with E-state index in [9.17, 15) is 14.4 Å². The Hall–Kier alpha value is -2.56. The standard InChI is InChI=1S/C22H20Br2ClN5O3/c1-3-5-14-10-18(30(29-14)20-17(25)6-4-7-26-20)22(33)28-19-15(8-13(23)9-16(19)24)21(32)27-11-12(2)31/h4,6-10H,3,5,11H2,1-2H3,(H,27,32)(H,28,33). The Kier molecular flexibility index (Phi) is 8.39. The molecule has 0 radical (unpaired) electrons. The van der Waals surface area contributed by atoms with Gasteiger partial charge in [0.2, 0.25) is 0 Å². The van der Waals surface area contributed by atoms with E-state index in [0.717, 1.165) is 6.42 Å². The number of hydrogen-bond acceptors (Lipinski definition) is 5. The zero-order valence-electron chi connectivity index (χ0n) is 17.8. The Labute approximate surface area is 212 Å². The van der Waals surface area contributed by atoms with Gasteiger partial charge in [0.25, 0.3) is 11.8 Å². The molecule has 3 aromatic rings. The number of hydrogen-bond donors (Lipinski definition) is 2. The predicted molar refractivity (Wildman–Crippen MR) is 133 cm³/mol. The molecule has 0 aliphatic rings. The number of nitrogens with one attached hydrogen (secondary N) is 2. The minimum Gasteiger partial charge on any atom is -0.345 e.